The van der Waals surface area contributed by atoms with Gasteiger partial charge in [-0.25, -0.2) is 4.98 Å². The van der Waals surface area contributed by atoms with Crippen LogP contribution < -0.4 is 10.9 Å². The predicted molar refractivity (Wildman–Crippen MR) is 101 cm³/mol. The number of para-hydroxylation sites is 3. The van der Waals surface area contributed by atoms with Crippen LogP contribution in [0.15, 0.2) is 71.7 Å². The van der Waals surface area contributed by atoms with Crippen LogP contribution in [-0.2, 0) is 0 Å². The van der Waals surface area contributed by atoms with Crippen LogP contribution in [0.2, 0.25) is 0 Å². The van der Waals surface area contributed by atoms with Crippen molar-refractivity contribution in [3.8, 4) is 5.69 Å². The van der Waals surface area contributed by atoms with Gasteiger partial charge in [-0.1, -0.05) is 30.3 Å². The quantitative estimate of drug-likeness (QED) is 0.598. The largest absolute Gasteiger partial charge is 0.328 e. The molecule has 0 saturated heterocycles. The molecule has 2 aromatic heterocycles. The molecule has 0 aliphatic rings. The van der Waals surface area contributed by atoms with Crippen LogP contribution in [0, 0.1) is 6.92 Å². The number of pyridine rings is 1. The Balaban J connectivity index is 1.81. The molecule has 0 saturated carbocycles. The molecule has 2 aromatic carbocycles. The number of carbonyl (C=O) groups excluding carboxylic acids is 1. The predicted octanol–water partition coefficient (Wildman–Crippen LogP) is 3.27. The highest BCUT2D eigenvalue weighted by Gasteiger charge is 2.16. The maximum absolute atomic E-state index is 12.7. The minimum Gasteiger partial charge on any atom is -0.328 e. The maximum atomic E-state index is 12.7. The Morgan fingerprint density at radius 3 is 2.58 bits per heavy atom. The number of benzene rings is 2. The number of hydrogen-bond acceptors (Lipinski definition) is 3. The summed E-state index contributed by atoms with van der Waals surface area (Å²) in [6, 6.07) is 18.8. The van der Waals surface area contributed by atoms with Crippen LogP contribution >= 0.6 is 0 Å². The van der Waals surface area contributed by atoms with Crippen molar-refractivity contribution in [2.24, 2.45) is 0 Å². The van der Waals surface area contributed by atoms with Crippen LogP contribution in [0.4, 0.5) is 5.95 Å². The third kappa shape index (κ3) is 2.77. The number of hydrogen-bond donors (Lipinski definition) is 2. The van der Waals surface area contributed by atoms with Gasteiger partial charge in [0.15, 0.2) is 0 Å². The normalized spacial score (nSPS) is 10.8. The third-order valence-electron chi connectivity index (χ3n) is 4.18. The Hall–Kier alpha value is -3.67. The zero-order chi connectivity index (χ0) is 18.1. The number of rotatable bonds is 3. The van der Waals surface area contributed by atoms with Crippen LogP contribution in [0.3, 0.4) is 0 Å². The summed E-state index contributed by atoms with van der Waals surface area (Å²) in [7, 11) is 0. The zero-order valence-electron chi connectivity index (χ0n) is 14.1. The summed E-state index contributed by atoms with van der Waals surface area (Å²) in [6.07, 6.45) is 1.42. The molecule has 4 rings (SSSR count). The number of nitrogens with zero attached hydrogens (tertiary/aromatic N) is 2. The summed E-state index contributed by atoms with van der Waals surface area (Å²) in [4.78, 5) is 31.2. The Labute approximate surface area is 149 Å². The van der Waals surface area contributed by atoms with E-state index in [-0.39, 0.29) is 11.5 Å². The van der Waals surface area contributed by atoms with Crippen molar-refractivity contribution in [2.75, 3.05) is 5.32 Å². The van der Waals surface area contributed by atoms with Gasteiger partial charge in [-0.15, -0.1) is 0 Å². The number of imidazole rings is 1. The Kier molecular flexibility index (Phi) is 3.85. The molecule has 4 aromatic rings. The van der Waals surface area contributed by atoms with Crippen LogP contribution in [0.5, 0.6) is 0 Å². The minimum atomic E-state index is -0.328. The first kappa shape index (κ1) is 15.8. The second-order valence-electron chi connectivity index (χ2n) is 5.94. The molecular weight excluding hydrogens is 328 g/mol. The minimum absolute atomic E-state index is 0.240. The molecule has 128 valence electrons. The first-order chi connectivity index (χ1) is 12.6. The Morgan fingerprint density at radius 2 is 1.81 bits per heavy atom. The smallest absolute Gasteiger partial charge is 0.259 e. The second kappa shape index (κ2) is 6.33. The molecule has 0 radical (unpaired) electrons. The van der Waals surface area contributed by atoms with Crippen molar-refractivity contribution >= 4 is 22.9 Å². The van der Waals surface area contributed by atoms with Gasteiger partial charge in [0.05, 0.1) is 16.6 Å². The average molecular weight is 344 g/mol. The van der Waals surface area contributed by atoms with Gasteiger partial charge < -0.3 is 4.98 Å². The van der Waals surface area contributed by atoms with E-state index >= 15 is 0 Å². The van der Waals surface area contributed by atoms with Crippen molar-refractivity contribution in [1.82, 2.24) is 14.5 Å². The molecule has 0 aliphatic carbocycles. The number of aryl methyl sites for hydroxylation is 1. The van der Waals surface area contributed by atoms with Crippen molar-refractivity contribution in [2.45, 2.75) is 6.92 Å². The summed E-state index contributed by atoms with van der Waals surface area (Å²) in [5.74, 6) is 0.0965. The van der Waals surface area contributed by atoms with E-state index in [9.17, 15) is 9.59 Å². The molecule has 6 nitrogen and oxygen atoms in total. The SMILES string of the molecule is Cc1cc(=O)[nH]cc1C(=O)Nc1nc2ccccc2n1-c1ccccc1. The Morgan fingerprint density at radius 1 is 1.08 bits per heavy atom. The number of aromatic amines is 1. The zero-order valence-corrected chi connectivity index (χ0v) is 14.1. The van der Waals surface area contributed by atoms with Gasteiger partial charge in [0.2, 0.25) is 11.5 Å². The lowest BCUT2D eigenvalue weighted by molar-refractivity contribution is 0.102. The second-order valence-corrected chi connectivity index (χ2v) is 5.94. The van der Waals surface area contributed by atoms with Gasteiger partial charge >= 0.3 is 0 Å². The van der Waals surface area contributed by atoms with E-state index in [0.717, 1.165) is 16.7 Å². The van der Waals surface area contributed by atoms with E-state index in [4.69, 9.17) is 0 Å². The monoisotopic (exact) mass is 344 g/mol. The fourth-order valence-corrected chi connectivity index (χ4v) is 2.93. The number of aromatic nitrogens is 3. The standard InChI is InChI=1S/C20H16N4O2/c1-13-11-18(25)21-12-15(13)19(26)23-20-22-16-9-5-6-10-17(16)24(20)14-7-3-2-4-8-14/h2-12H,1H3,(H,21,25)(H,22,23,26). The molecule has 0 spiro atoms. The lowest BCUT2D eigenvalue weighted by Crippen LogP contribution is -2.19. The van der Waals surface area contributed by atoms with E-state index in [1.165, 1.54) is 12.3 Å². The molecule has 0 bridgehead atoms. The lowest BCUT2D eigenvalue weighted by Gasteiger charge is -2.11. The summed E-state index contributed by atoms with van der Waals surface area (Å²) < 4.78 is 1.90. The first-order valence-corrected chi connectivity index (χ1v) is 8.17. The molecule has 0 atom stereocenters. The third-order valence-corrected chi connectivity index (χ3v) is 4.18. The fourth-order valence-electron chi connectivity index (χ4n) is 2.93. The first-order valence-electron chi connectivity index (χ1n) is 8.17. The number of carbonyl (C=O) groups is 1. The van der Waals surface area contributed by atoms with Gasteiger partial charge in [-0.2, -0.15) is 0 Å². The number of fused-ring (bicyclic) bond motifs is 1. The highest BCUT2D eigenvalue weighted by Crippen LogP contribution is 2.25. The van der Waals surface area contributed by atoms with E-state index in [0.29, 0.717) is 17.1 Å². The molecule has 0 fully saturated rings. The topological polar surface area (TPSA) is 79.8 Å². The molecule has 2 N–H and O–H groups in total. The molecule has 1 amide bonds. The molecular formula is C20H16N4O2. The van der Waals surface area contributed by atoms with Gasteiger partial charge in [0, 0.05) is 18.0 Å². The fraction of sp³-hybridized carbons (Fsp3) is 0.0500. The summed E-state index contributed by atoms with van der Waals surface area (Å²) in [5.41, 5.74) is 3.34. The van der Waals surface area contributed by atoms with Crippen LogP contribution in [0.25, 0.3) is 16.7 Å². The van der Waals surface area contributed by atoms with E-state index in [2.05, 4.69) is 15.3 Å². The van der Waals surface area contributed by atoms with E-state index < -0.39 is 0 Å². The molecule has 26 heavy (non-hydrogen) atoms. The Bertz CT molecular complexity index is 1160. The van der Waals surface area contributed by atoms with Crippen LogP contribution in [-0.4, -0.2) is 20.4 Å². The number of H-pyrrole nitrogens is 1. The maximum Gasteiger partial charge on any atom is 0.259 e. The average Bonchev–Trinajstić information content (AvgIpc) is 3.00. The molecule has 2 heterocycles. The highest BCUT2D eigenvalue weighted by atomic mass is 16.2. The molecule has 0 unspecified atom stereocenters. The van der Waals surface area contributed by atoms with Crippen molar-refractivity contribution in [3.63, 3.8) is 0 Å². The van der Waals surface area contributed by atoms with Crippen molar-refractivity contribution in [3.05, 3.63) is 88.3 Å². The van der Waals surface area contributed by atoms with E-state index in [1.807, 2.05) is 59.2 Å². The molecule has 0 aliphatic heterocycles. The lowest BCUT2D eigenvalue weighted by atomic mass is 10.1. The van der Waals surface area contributed by atoms with Gasteiger partial charge in [-0.3, -0.25) is 19.5 Å². The van der Waals surface area contributed by atoms with Crippen molar-refractivity contribution in [1.29, 1.82) is 0 Å². The van der Waals surface area contributed by atoms with Gasteiger partial charge in [0.25, 0.3) is 5.91 Å². The van der Waals surface area contributed by atoms with Crippen molar-refractivity contribution < 1.29 is 4.79 Å². The summed E-state index contributed by atoms with van der Waals surface area (Å²) >= 11 is 0. The number of amides is 1. The van der Waals surface area contributed by atoms with Crippen LogP contribution in [0.1, 0.15) is 15.9 Å². The summed E-state index contributed by atoms with van der Waals surface area (Å²) in [6.45, 7) is 1.73. The highest BCUT2D eigenvalue weighted by molar-refractivity contribution is 6.05. The van der Waals surface area contributed by atoms with Gasteiger partial charge in [-0.05, 0) is 36.8 Å². The number of nitrogens with one attached hydrogen (secondary N) is 2. The number of anilines is 1. The van der Waals surface area contributed by atoms with Gasteiger partial charge in [0.1, 0.15) is 0 Å². The van der Waals surface area contributed by atoms with E-state index in [1.54, 1.807) is 6.92 Å². The molecule has 6 heteroatoms. The summed E-state index contributed by atoms with van der Waals surface area (Å²) in [5, 5.41) is 2.87.